The van der Waals surface area contributed by atoms with Gasteiger partial charge in [0.25, 0.3) is 5.91 Å². The zero-order chi connectivity index (χ0) is 19.4. The number of hydrogen-bond donors (Lipinski definition) is 2. The summed E-state index contributed by atoms with van der Waals surface area (Å²) < 4.78 is 5.16. The molecule has 27 heavy (non-hydrogen) atoms. The zero-order valence-corrected chi connectivity index (χ0v) is 15.6. The summed E-state index contributed by atoms with van der Waals surface area (Å²) in [5.41, 5.74) is 1.58. The largest absolute Gasteiger partial charge is 0.448 e. The van der Waals surface area contributed by atoms with Crippen molar-refractivity contribution in [2.45, 2.75) is 13.0 Å². The minimum absolute atomic E-state index is 0.127. The van der Waals surface area contributed by atoms with Gasteiger partial charge in [0.2, 0.25) is 0 Å². The van der Waals surface area contributed by atoms with Crippen molar-refractivity contribution in [1.29, 1.82) is 0 Å². The Morgan fingerprint density at radius 2 is 1.93 bits per heavy atom. The maximum Gasteiger partial charge on any atom is 0.357 e. The molecule has 0 unspecified atom stereocenters. The topological polar surface area (TPSA) is 97.0 Å². The molecule has 0 bridgehead atoms. The predicted octanol–water partition coefficient (Wildman–Crippen LogP) is 3.96. The molecule has 2 aromatic heterocycles. The van der Waals surface area contributed by atoms with Crippen LogP contribution < -0.4 is 5.32 Å². The molecule has 0 aliphatic heterocycles. The van der Waals surface area contributed by atoms with Gasteiger partial charge in [0, 0.05) is 11.8 Å². The van der Waals surface area contributed by atoms with Crippen molar-refractivity contribution >= 4 is 40.9 Å². The molecule has 0 saturated heterocycles. The second kappa shape index (κ2) is 8.20. The van der Waals surface area contributed by atoms with Gasteiger partial charge < -0.3 is 10.1 Å². The van der Waals surface area contributed by atoms with Crippen LogP contribution in [0.25, 0.3) is 11.3 Å². The lowest BCUT2D eigenvalue weighted by molar-refractivity contribution is -0.123. The first-order chi connectivity index (χ1) is 12.9. The van der Waals surface area contributed by atoms with Crippen LogP contribution in [0.3, 0.4) is 0 Å². The Bertz CT molecular complexity index is 976. The van der Waals surface area contributed by atoms with Crippen molar-refractivity contribution < 1.29 is 14.3 Å². The first-order valence-electron chi connectivity index (χ1n) is 7.88. The van der Waals surface area contributed by atoms with E-state index in [2.05, 4.69) is 20.5 Å². The highest BCUT2D eigenvalue weighted by Crippen LogP contribution is 2.23. The standard InChI is InChI=1S/C18H14Cl2N4O3/c1-10(17(25)22-16-13(20)7-12(19)9-21-16)27-18(26)15-8-14(23-24-15)11-5-3-2-4-6-11/h2-10H,1H3,(H,23,24)(H,21,22,25)/t10-/m0/s1. The van der Waals surface area contributed by atoms with E-state index in [0.29, 0.717) is 10.7 Å². The van der Waals surface area contributed by atoms with Gasteiger partial charge in [-0.15, -0.1) is 0 Å². The smallest absolute Gasteiger partial charge is 0.357 e. The third kappa shape index (κ3) is 4.64. The van der Waals surface area contributed by atoms with Crippen LogP contribution in [0, 0.1) is 0 Å². The van der Waals surface area contributed by atoms with Gasteiger partial charge in [-0.25, -0.2) is 9.78 Å². The molecule has 2 heterocycles. The summed E-state index contributed by atoms with van der Waals surface area (Å²) in [6.07, 6.45) is 0.268. The minimum Gasteiger partial charge on any atom is -0.448 e. The lowest BCUT2D eigenvalue weighted by atomic mass is 10.1. The predicted molar refractivity (Wildman–Crippen MR) is 102 cm³/mol. The molecule has 0 aliphatic carbocycles. The first kappa shape index (κ1) is 18.9. The summed E-state index contributed by atoms with van der Waals surface area (Å²) in [6, 6.07) is 12.3. The van der Waals surface area contributed by atoms with E-state index >= 15 is 0 Å². The fraction of sp³-hybridized carbons (Fsp3) is 0.111. The number of carbonyl (C=O) groups is 2. The molecular weight excluding hydrogens is 391 g/mol. The molecule has 3 rings (SSSR count). The van der Waals surface area contributed by atoms with E-state index in [1.807, 2.05) is 30.3 Å². The Morgan fingerprint density at radius 3 is 2.63 bits per heavy atom. The third-order valence-electron chi connectivity index (χ3n) is 3.57. The molecule has 0 radical (unpaired) electrons. The summed E-state index contributed by atoms with van der Waals surface area (Å²) in [5, 5.41) is 9.69. The normalized spacial score (nSPS) is 11.7. The Morgan fingerprint density at radius 1 is 1.19 bits per heavy atom. The highest BCUT2D eigenvalue weighted by atomic mass is 35.5. The number of rotatable bonds is 5. The number of amides is 1. The molecule has 0 spiro atoms. The number of benzene rings is 1. The first-order valence-corrected chi connectivity index (χ1v) is 8.63. The van der Waals surface area contributed by atoms with Crippen LogP contribution >= 0.6 is 23.2 Å². The van der Waals surface area contributed by atoms with E-state index in [1.165, 1.54) is 19.2 Å². The number of aromatic amines is 1. The third-order valence-corrected chi connectivity index (χ3v) is 4.06. The number of nitrogens with zero attached hydrogens (tertiary/aromatic N) is 2. The zero-order valence-electron chi connectivity index (χ0n) is 14.1. The molecule has 0 fully saturated rings. The number of carbonyl (C=O) groups excluding carboxylic acids is 2. The lowest BCUT2D eigenvalue weighted by Gasteiger charge is -2.13. The van der Waals surface area contributed by atoms with Gasteiger partial charge in [0.15, 0.2) is 11.9 Å². The van der Waals surface area contributed by atoms with Crippen LogP contribution in [0.15, 0.2) is 48.7 Å². The van der Waals surface area contributed by atoms with Gasteiger partial charge in [-0.05, 0) is 19.1 Å². The number of H-pyrrole nitrogens is 1. The number of halogens is 2. The van der Waals surface area contributed by atoms with E-state index in [0.717, 1.165) is 5.56 Å². The van der Waals surface area contributed by atoms with Crippen molar-refractivity contribution in [3.63, 3.8) is 0 Å². The van der Waals surface area contributed by atoms with Crippen LogP contribution in [0.2, 0.25) is 10.0 Å². The number of anilines is 1. The van der Waals surface area contributed by atoms with Crippen LogP contribution in [0.4, 0.5) is 5.82 Å². The summed E-state index contributed by atoms with van der Waals surface area (Å²) in [5.74, 6) is -1.16. The van der Waals surface area contributed by atoms with Gasteiger partial charge in [-0.3, -0.25) is 9.89 Å². The van der Waals surface area contributed by atoms with Crippen LogP contribution in [-0.4, -0.2) is 33.2 Å². The molecule has 1 amide bonds. The molecule has 138 valence electrons. The van der Waals surface area contributed by atoms with E-state index in [9.17, 15) is 9.59 Å². The second-order valence-corrected chi connectivity index (χ2v) is 6.40. The fourth-order valence-corrected chi connectivity index (χ4v) is 2.61. The molecular formula is C18H14Cl2N4O3. The molecule has 0 saturated carbocycles. The summed E-state index contributed by atoms with van der Waals surface area (Å²) in [6.45, 7) is 1.44. The van der Waals surface area contributed by atoms with Gasteiger partial charge >= 0.3 is 5.97 Å². The molecule has 9 heteroatoms. The average Bonchev–Trinajstić information content (AvgIpc) is 3.15. The fourth-order valence-electron chi connectivity index (χ4n) is 2.19. The van der Waals surface area contributed by atoms with Crippen LogP contribution in [0.5, 0.6) is 0 Å². The monoisotopic (exact) mass is 404 g/mol. The maximum absolute atomic E-state index is 12.2. The minimum atomic E-state index is -1.07. The number of esters is 1. The molecule has 1 atom stereocenters. The van der Waals surface area contributed by atoms with Crippen molar-refractivity contribution in [1.82, 2.24) is 15.2 Å². The number of hydrogen-bond acceptors (Lipinski definition) is 5. The van der Waals surface area contributed by atoms with Gasteiger partial charge in [-0.2, -0.15) is 5.10 Å². The Labute approximate surface area is 164 Å². The summed E-state index contributed by atoms with van der Waals surface area (Å²) in [4.78, 5) is 28.4. The molecule has 0 aliphatic rings. The number of pyridine rings is 1. The van der Waals surface area contributed by atoms with Crippen LogP contribution in [-0.2, 0) is 9.53 Å². The summed E-state index contributed by atoms with van der Waals surface area (Å²) >= 11 is 11.7. The number of ether oxygens (including phenoxy) is 1. The van der Waals surface area contributed by atoms with Crippen LogP contribution in [0.1, 0.15) is 17.4 Å². The highest BCUT2D eigenvalue weighted by molar-refractivity contribution is 6.36. The van der Waals surface area contributed by atoms with Gasteiger partial charge in [0.05, 0.1) is 15.7 Å². The maximum atomic E-state index is 12.2. The van der Waals surface area contributed by atoms with Crippen molar-refractivity contribution in [3.8, 4) is 11.3 Å². The average molecular weight is 405 g/mol. The Hall–Kier alpha value is -2.90. The second-order valence-electron chi connectivity index (χ2n) is 5.55. The highest BCUT2D eigenvalue weighted by Gasteiger charge is 2.21. The van der Waals surface area contributed by atoms with Crippen molar-refractivity contribution in [2.24, 2.45) is 0 Å². The SMILES string of the molecule is C[C@H](OC(=O)c1cc(-c2ccccc2)n[nH]1)C(=O)Nc1ncc(Cl)cc1Cl. The summed E-state index contributed by atoms with van der Waals surface area (Å²) in [7, 11) is 0. The Kier molecular flexibility index (Phi) is 5.73. The molecule has 3 aromatic rings. The van der Waals surface area contributed by atoms with E-state index in [1.54, 1.807) is 6.07 Å². The van der Waals surface area contributed by atoms with Crippen molar-refractivity contribution in [3.05, 3.63) is 64.4 Å². The number of nitrogens with one attached hydrogen (secondary N) is 2. The Balaban J connectivity index is 1.63. The molecule has 7 nitrogen and oxygen atoms in total. The number of aromatic nitrogens is 3. The van der Waals surface area contributed by atoms with E-state index in [-0.39, 0.29) is 16.5 Å². The molecule has 2 N–H and O–H groups in total. The van der Waals surface area contributed by atoms with Gasteiger partial charge in [-0.1, -0.05) is 53.5 Å². The van der Waals surface area contributed by atoms with E-state index < -0.39 is 18.0 Å². The lowest BCUT2D eigenvalue weighted by Crippen LogP contribution is -2.30. The van der Waals surface area contributed by atoms with Crippen molar-refractivity contribution in [2.75, 3.05) is 5.32 Å². The quantitative estimate of drug-likeness (QED) is 0.627. The molecule has 1 aromatic carbocycles. The van der Waals surface area contributed by atoms with E-state index in [4.69, 9.17) is 27.9 Å². The van der Waals surface area contributed by atoms with Gasteiger partial charge in [0.1, 0.15) is 5.69 Å².